The lowest BCUT2D eigenvalue weighted by Gasteiger charge is -2.40. The molecule has 2 fully saturated rings. The average Bonchev–Trinajstić information content (AvgIpc) is 2.83. The van der Waals surface area contributed by atoms with Gasteiger partial charge >= 0.3 is 0 Å². The second kappa shape index (κ2) is 4.23. The van der Waals surface area contributed by atoms with E-state index in [0.717, 1.165) is 5.56 Å². The van der Waals surface area contributed by atoms with E-state index in [9.17, 15) is 10.2 Å². The first-order valence-corrected chi connectivity index (χ1v) is 6.42. The Balaban J connectivity index is 1.75. The van der Waals surface area contributed by atoms with Gasteiger partial charge in [-0.25, -0.2) is 0 Å². The quantitative estimate of drug-likeness (QED) is 0.799. The molecule has 1 aliphatic heterocycles. The Morgan fingerprint density at radius 2 is 1.44 bits per heavy atom. The first-order valence-electron chi connectivity index (χ1n) is 6.42. The van der Waals surface area contributed by atoms with Gasteiger partial charge in [-0.05, 0) is 30.5 Å². The molecule has 0 atom stereocenters. The van der Waals surface area contributed by atoms with Crippen LogP contribution < -0.4 is 0 Å². The van der Waals surface area contributed by atoms with Crippen LogP contribution in [-0.4, -0.2) is 29.2 Å². The molecule has 1 aromatic carbocycles. The number of phenols is 1. The lowest BCUT2D eigenvalue weighted by Crippen LogP contribution is -2.42. The summed E-state index contributed by atoms with van der Waals surface area (Å²) in [5.41, 5.74) is 0.0296. The third-order valence-corrected chi connectivity index (χ3v) is 4.06. The first kappa shape index (κ1) is 12.0. The lowest BCUT2D eigenvalue weighted by atomic mass is 9.77. The Bertz CT molecular complexity index is 410. The molecule has 2 N–H and O–H groups in total. The van der Waals surface area contributed by atoms with Crippen LogP contribution in [0.15, 0.2) is 24.3 Å². The van der Waals surface area contributed by atoms with Crippen molar-refractivity contribution in [2.75, 3.05) is 13.2 Å². The van der Waals surface area contributed by atoms with Gasteiger partial charge in [-0.1, -0.05) is 12.1 Å². The number of rotatable bonds is 1. The number of aliphatic hydroxyl groups is 1. The normalized spacial score (nSPS) is 25.4. The molecule has 2 aliphatic rings. The molecule has 4 nitrogen and oxygen atoms in total. The summed E-state index contributed by atoms with van der Waals surface area (Å²) in [6.45, 7) is 1.30. The zero-order chi connectivity index (χ0) is 12.6. The van der Waals surface area contributed by atoms with Crippen molar-refractivity contribution in [3.05, 3.63) is 29.8 Å². The highest BCUT2D eigenvalue weighted by Gasteiger charge is 2.46. The van der Waals surface area contributed by atoms with Gasteiger partial charge in [0.15, 0.2) is 5.79 Å². The summed E-state index contributed by atoms with van der Waals surface area (Å²) in [7, 11) is 0. The van der Waals surface area contributed by atoms with Crippen molar-refractivity contribution in [2.45, 2.75) is 37.1 Å². The van der Waals surface area contributed by atoms with E-state index in [4.69, 9.17) is 9.47 Å². The summed E-state index contributed by atoms with van der Waals surface area (Å²) in [6.07, 6.45) is 2.67. The maximum absolute atomic E-state index is 10.7. The van der Waals surface area contributed by atoms with Crippen LogP contribution in [0.5, 0.6) is 5.75 Å². The number of phenolic OH excluding ortho intramolecular Hbond substituents is 1. The average molecular weight is 250 g/mol. The van der Waals surface area contributed by atoms with Crippen molar-refractivity contribution in [1.29, 1.82) is 0 Å². The van der Waals surface area contributed by atoms with Crippen molar-refractivity contribution in [1.82, 2.24) is 0 Å². The number of aromatic hydroxyl groups is 1. The van der Waals surface area contributed by atoms with Crippen LogP contribution >= 0.6 is 0 Å². The summed E-state index contributed by atoms with van der Waals surface area (Å²) < 4.78 is 11.3. The summed E-state index contributed by atoms with van der Waals surface area (Å²) in [6, 6.07) is 6.79. The molecule has 0 aromatic heterocycles. The fourth-order valence-electron chi connectivity index (χ4n) is 2.89. The minimum atomic E-state index is -0.825. The van der Waals surface area contributed by atoms with Gasteiger partial charge < -0.3 is 19.7 Å². The van der Waals surface area contributed by atoms with Crippen LogP contribution in [-0.2, 0) is 15.1 Å². The molecule has 0 bridgehead atoms. The predicted octanol–water partition coefficient (Wildman–Crippen LogP) is 1.90. The minimum absolute atomic E-state index is 0.220. The monoisotopic (exact) mass is 250 g/mol. The molecular formula is C14H18O4. The molecule has 1 aliphatic carbocycles. The van der Waals surface area contributed by atoms with Gasteiger partial charge in [0.2, 0.25) is 0 Å². The standard InChI is InChI=1S/C14H18O4/c15-12-3-1-11(2-4-12)13(16)5-7-14(8-6-13)17-9-10-18-14/h1-4,15-16H,5-10H2. The molecular weight excluding hydrogens is 232 g/mol. The summed E-state index contributed by atoms with van der Waals surface area (Å²) in [5.74, 6) is -0.236. The molecule has 0 unspecified atom stereocenters. The highest BCUT2D eigenvalue weighted by Crippen LogP contribution is 2.44. The Morgan fingerprint density at radius 3 is 2.00 bits per heavy atom. The SMILES string of the molecule is Oc1ccc(C2(O)CCC3(CC2)OCCO3)cc1. The molecule has 98 valence electrons. The molecule has 0 radical (unpaired) electrons. The Labute approximate surface area is 106 Å². The molecule has 1 heterocycles. The summed E-state index contributed by atoms with van der Waals surface area (Å²) >= 11 is 0. The van der Waals surface area contributed by atoms with Crippen LogP contribution in [0, 0.1) is 0 Å². The summed E-state index contributed by atoms with van der Waals surface area (Å²) in [4.78, 5) is 0. The maximum atomic E-state index is 10.7. The molecule has 0 amide bonds. The van der Waals surface area contributed by atoms with Gasteiger partial charge in [0.05, 0.1) is 18.8 Å². The van der Waals surface area contributed by atoms with Crippen LogP contribution in [0.2, 0.25) is 0 Å². The highest BCUT2D eigenvalue weighted by atomic mass is 16.7. The fraction of sp³-hybridized carbons (Fsp3) is 0.571. The van der Waals surface area contributed by atoms with Crippen molar-refractivity contribution in [3.8, 4) is 5.75 Å². The zero-order valence-electron chi connectivity index (χ0n) is 10.3. The van der Waals surface area contributed by atoms with Crippen LogP contribution in [0.1, 0.15) is 31.2 Å². The lowest BCUT2D eigenvalue weighted by molar-refractivity contribution is -0.204. The van der Waals surface area contributed by atoms with Gasteiger partial charge in [0.25, 0.3) is 0 Å². The van der Waals surface area contributed by atoms with Gasteiger partial charge in [0.1, 0.15) is 5.75 Å². The zero-order valence-corrected chi connectivity index (χ0v) is 10.3. The Hall–Kier alpha value is -1.10. The van der Waals surface area contributed by atoms with E-state index in [0.29, 0.717) is 38.9 Å². The number of hydrogen-bond acceptors (Lipinski definition) is 4. The van der Waals surface area contributed by atoms with Crippen molar-refractivity contribution in [2.24, 2.45) is 0 Å². The Morgan fingerprint density at radius 1 is 0.889 bits per heavy atom. The topological polar surface area (TPSA) is 58.9 Å². The molecule has 3 rings (SSSR count). The van der Waals surface area contributed by atoms with Gasteiger partial charge in [-0.15, -0.1) is 0 Å². The maximum Gasteiger partial charge on any atom is 0.168 e. The number of hydrogen-bond donors (Lipinski definition) is 2. The largest absolute Gasteiger partial charge is 0.508 e. The second-order valence-electron chi connectivity index (χ2n) is 5.19. The Kier molecular flexibility index (Phi) is 2.81. The second-order valence-corrected chi connectivity index (χ2v) is 5.19. The number of benzene rings is 1. The molecule has 18 heavy (non-hydrogen) atoms. The van der Waals surface area contributed by atoms with Crippen LogP contribution in [0.3, 0.4) is 0 Å². The van der Waals surface area contributed by atoms with E-state index in [2.05, 4.69) is 0 Å². The fourth-order valence-corrected chi connectivity index (χ4v) is 2.89. The van der Waals surface area contributed by atoms with Crippen molar-refractivity contribution >= 4 is 0 Å². The van der Waals surface area contributed by atoms with E-state index in [1.807, 2.05) is 0 Å². The molecule has 1 saturated carbocycles. The smallest absolute Gasteiger partial charge is 0.168 e. The van der Waals surface area contributed by atoms with Crippen molar-refractivity contribution in [3.63, 3.8) is 0 Å². The van der Waals surface area contributed by atoms with Crippen LogP contribution in [0.4, 0.5) is 0 Å². The molecule has 4 heteroatoms. The van der Waals surface area contributed by atoms with E-state index >= 15 is 0 Å². The first-order chi connectivity index (χ1) is 8.62. The van der Waals surface area contributed by atoms with Crippen LogP contribution in [0.25, 0.3) is 0 Å². The van der Waals surface area contributed by atoms with Gasteiger partial charge in [0, 0.05) is 12.8 Å². The third kappa shape index (κ3) is 2.00. The number of ether oxygens (including phenoxy) is 2. The van der Waals surface area contributed by atoms with E-state index < -0.39 is 11.4 Å². The van der Waals surface area contributed by atoms with Gasteiger partial charge in [-0.2, -0.15) is 0 Å². The molecule has 1 saturated heterocycles. The van der Waals surface area contributed by atoms with E-state index in [1.165, 1.54) is 0 Å². The van der Waals surface area contributed by atoms with Crippen molar-refractivity contribution < 1.29 is 19.7 Å². The third-order valence-electron chi connectivity index (χ3n) is 4.06. The van der Waals surface area contributed by atoms with E-state index in [-0.39, 0.29) is 5.75 Å². The minimum Gasteiger partial charge on any atom is -0.508 e. The predicted molar refractivity (Wildman–Crippen MR) is 65.1 cm³/mol. The molecule has 1 spiro atoms. The van der Waals surface area contributed by atoms with E-state index in [1.54, 1.807) is 24.3 Å². The van der Waals surface area contributed by atoms with Gasteiger partial charge in [-0.3, -0.25) is 0 Å². The summed E-state index contributed by atoms with van der Waals surface area (Å²) in [5, 5.41) is 20.0. The highest BCUT2D eigenvalue weighted by molar-refractivity contribution is 5.30. The molecule has 1 aromatic rings.